The van der Waals surface area contributed by atoms with E-state index in [-0.39, 0.29) is 0 Å². The normalized spacial score (nSPS) is 11.9. The maximum absolute atomic E-state index is 4.67. The first-order valence-electron chi connectivity index (χ1n) is 9.07. The van der Waals surface area contributed by atoms with Gasteiger partial charge in [0, 0.05) is 47.2 Å². The van der Waals surface area contributed by atoms with Gasteiger partial charge in [-0.2, -0.15) is 5.10 Å². The zero-order chi connectivity index (χ0) is 19.0. The maximum Gasteiger partial charge on any atom is 0.0696 e. The second kappa shape index (κ2) is 6.80. The molecule has 0 N–H and O–H groups in total. The van der Waals surface area contributed by atoms with E-state index in [9.17, 15) is 0 Å². The fourth-order valence-corrected chi connectivity index (χ4v) is 3.47. The molecule has 0 radical (unpaired) electrons. The van der Waals surface area contributed by atoms with Gasteiger partial charge in [-0.25, -0.2) is 4.52 Å². The van der Waals surface area contributed by atoms with Gasteiger partial charge in [-0.15, -0.1) is 0 Å². The first kappa shape index (κ1) is 17.2. The van der Waals surface area contributed by atoms with Crippen LogP contribution in [0.25, 0.3) is 22.2 Å². The largest absolute Gasteiger partial charge is 0.264 e. The van der Waals surface area contributed by atoms with E-state index in [1.54, 1.807) is 0 Å². The summed E-state index contributed by atoms with van der Waals surface area (Å²) in [6.07, 6.45) is 11.7. The minimum atomic E-state index is 1.01. The van der Waals surface area contributed by atoms with Gasteiger partial charge in [0.15, 0.2) is 0 Å². The molecule has 134 valence electrons. The fraction of sp³-hybridized carbons (Fsp3) is 0.174. The molecule has 0 fully saturated rings. The first-order valence-corrected chi connectivity index (χ1v) is 9.07. The highest BCUT2D eigenvalue weighted by molar-refractivity contribution is 5.84. The molecule has 4 heterocycles. The lowest BCUT2D eigenvalue weighted by atomic mass is 9.94. The van der Waals surface area contributed by atoms with Crippen LogP contribution in [0.5, 0.6) is 0 Å². The summed E-state index contributed by atoms with van der Waals surface area (Å²) in [5.74, 6) is 0. The van der Waals surface area contributed by atoms with Gasteiger partial charge < -0.3 is 0 Å². The molecule has 0 saturated carbocycles. The average molecular weight is 354 g/mol. The summed E-state index contributed by atoms with van der Waals surface area (Å²) in [7, 11) is 0. The Bertz CT molecular complexity index is 1170. The van der Waals surface area contributed by atoms with E-state index in [4.69, 9.17) is 0 Å². The van der Waals surface area contributed by atoms with E-state index < -0.39 is 0 Å². The molecule has 4 heteroatoms. The highest BCUT2D eigenvalue weighted by Gasteiger charge is 2.13. The molecule has 4 rings (SSSR count). The van der Waals surface area contributed by atoms with Gasteiger partial charge in [0.1, 0.15) is 0 Å². The van der Waals surface area contributed by atoms with Crippen LogP contribution in [0.15, 0.2) is 61.3 Å². The molecule has 0 atom stereocenters. The van der Waals surface area contributed by atoms with Crippen LogP contribution >= 0.6 is 0 Å². The van der Waals surface area contributed by atoms with Crippen LogP contribution in [-0.2, 0) is 0 Å². The first-order chi connectivity index (χ1) is 13.1. The third-order valence-corrected chi connectivity index (χ3v) is 5.04. The van der Waals surface area contributed by atoms with Crippen molar-refractivity contribution in [3.05, 3.63) is 89.3 Å². The zero-order valence-corrected chi connectivity index (χ0v) is 16.1. The van der Waals surface area contributed by atoms with E-state index in [0.29, 0.717) is 0 Å². The van der Waals surface area contributed by atoms with Crippen LogP contribution in [0.1, 0.15) is 34.9 Å². The number of fused-ring (bicyclic) bond motifs is 1. The van der Waals surface area contributed by atoms with Crippen molar-refractivity contribution in [2.24, 2.45) is 0 Å². The van der Waals surface area contributed by atoms with Crippen molar-refractivity contribution < 1.29 is 0 Å². The highest BCUT2D eigenvalue weighted by Crippen LogP contribution is 2.31. The average Bonchev–Trinajstić information content (AvgIpc) is 3.05. The van der Waals surface area contributed by atoms with Crippen LogP contribution in [0.2, 0.25) is 0 Å². The second-order valence-electron chi connectivity index (χ2n) is 6.82. The van der Waals surface area contributed by atoms with Crippen molar-refractivity contribution in [2.45, 2.75) is 27.7 Å². The van der Waals surface area contributed by atoms with Crippen molar-refractivity contribution in [2.75, 3.05) is 0 Å². The Labute approximate surface area is 159 Å². The number of rotatable bonds is 3. The quantitative estimate of drug-likeness (QED) is 0.510. The SMILES string of the molecule is C/C=C(/c1ccn2ncc(C)c2c1)c1cc(-c2cnccc2C)cnc1C. The molecule has 0 aliphatic carbocycles. The predicted molar refractivity (Wildman–Crippen MR) is 110 cm³/mol. The summed E-state index contributed by atoms with van der Waals surface area (Å²) in [6, 6.07) is 8.55. The number of hydrogen-bond acceptors (Lipinski definition) is 3. The molecular weight excluding hydrogens is 332 g/mol. The standard InChI is InChI=1S/C23H22N4/c1-5-20(18-7-9-27-23(11-18)16(3)12-26-27)21-10-19(13-25-17(21)4)22-14-24-8-6-15(22)2/h5-14H,1-4H3/b20-5-. The smallest absolute Gasteiger partial charge is 0.0696 e. The maximum atomic E-state index is 4.67. The Morgan fingerprint density at radius 1 is 1.00 bits per heavy atom. The van der Waals surface area contributed by atoms with Crippen LogP contribution in [0.4, 0.5) is 0 Å². The van der Waals surface area contributed by atoms with Gasteiger partial charge in [-0.1, -0.05) is 6.08 Å². The molecule has 4 aromatic rings. The van der Waals surface area contributed by atoms with Crippen molar-refractivity contribution in [3.8, 4) is 11.1 Å². The molecule has 4 nitrogen and oxygen atoms in total. The number of aromatic nitrogens is 4. The topological polar surface area (TPSA) is 43.1 Å². The van der Waals surface area contributed by atoms with E-state index in [2.05, 4.69) is 67.0 Å². The molecule has 0 amide bonds. The van der Waals surface area contributed by atoms with E-state index >= 15 is 0 Å². The lowest BCUT2D eigenvalue weighted by Gasteiger charge is -2.14. The van der Waals surface area contributed by atoms with Crippen molar-refractivity contribution >= 4 is 11.1 Å². The lowest BCUT2D eigenvalue weighted by Crippen LogP contribution is -1.98. The molecule has 0 spiro atoms. The zero-order valence-electron chi connectivity index (χ0n) is 16.1. The number of hydrogen-bond donors (Lipinski definition) is 0. The summed E-state index contributed by atoms with van der Waals surface area (Å²) < 4.78 is 1.91. The van der Waals surface area contributed by atoms with E-state index in [1.165, 1.54) is 22.3 Å². The molecule has 0 bridgehead atoms. The summed E-state index contributed by atoms with van der Waals surface area (Å²) in [6.45, 7) is 8.31. The monoisotopic (exact) mass is 354 g/mol. The van der Waals surface area contributed by atoms with Crippen molar-refractivity contribution in [1.29, 1.82) is 0 Å². The Kier molecular flexibility index (Phi) is 4.32. The Morgan fingerprint density at radius 2 is 1.85 bits per heavy atom. The van der Waals surface area contributed by atoms with Gasteiger partial charge in [-0.05, 0) is 74.2 Å². The number of pyridine rings is 3. The van der Waals surface area contributed by atoms with Crippen molar-refractivity contribution in [1.82, 2.24) is 19.6 Å². The van der Waals surface area contributed by atoms with Crippen LogP contribution in [0.3, 0.4) is 0 Å². The van der Waals surface area contributed by atoms with E-state index in [1.807, 2.05) is 41.6 Å². The van der Waals surface area contributed by atoms with E-state index in [0.717, 1.165) is 27.9 Å². The van der Waals surface area contributed by atoms with Crippen molar-refractivity contribution in [3.63, 3.8) is 0 Å². The predicted octanol–water partition coefficient (Wildman–Crippen LogP) is 5.17. The fourth-order valence-electron chi connectivity index (χ4n) is 3.47. The molecule has 0 aromatic carbocycles. The summed E-state index contributed by atoms with van der Waals surface area (Å²) >= 11 is 0. The second-order valence-corrected chi connectivity index (χ2v) is 6.82. The van der Waals surface area contributed by atoms with Crippen LogP contribution in [-0.4, -0.2) is 19.6 Å². The molecule has 0 aliphatic rings. The van der Waals surface area contributed by atoms with Gasteiger partial charge in [0.05, 0.1) is 11.7 Å². The number of allylic oxidation sites excluding steroid dienone is 1. The highest BCUT2D eigenvalue weighted by atomic mass is 15.2. The minimum absolute atomic E-state index is 1.01. The molecule has 0 aliphatic heterocycles. The molecule has 0 unspecified atom stereocenters. The van der Waals surface area contributed by atoms with Crippen LogP contribution < -0.4 is 0 Å². The van der Waals surface area contributed by atoms with Gasteiger partial charge in [0.2, 0.25) is 0 Å². The lowest BCUT2D eigenvalue weighted by molar-refractivity contribution is 0.960. The Balaban J connectivity index is 1.86. The molecular formula is C23H22N4. The number of nitrogens with zero attached hydrogens (tertiary/aromatic N) is 4. The molecule has 0 saturated heterocycles. The van der Waals surface area contributed by atoms with Gasteiger partial charge in [0.25, 0.3) is 0 Å². The summed E-state index contributed by atoms with van der Waals surface area (Å²) in [4.78, 5) is 8.96. The molecule has 27 heavy (non-hydrogen) atoms. The summed E-state index contributed by atoms with van der Waals surface area (Å²) in [5, 5.41) is 4.38. The Morgan fingerprint density at radius 3 is 2.63 bits per heavy atom. The van der Waals surface area contributed by atoms with Crippen LogP contribution in [0, 0.1) is 20.8 Å². The van der Waals surface area contributed by atoms with Gasteiger partial charge >= 0.3 is 0 Å². The van der Waals surface area contributed by atoms with Gasteiger partial charge in [-0.3, -0.25) is 9.97 Å². The third kappa shape index (κ3) is 3.04. The Hall–Kier alpha value is -3.27. The molecule has 4 aromatic heterocycles. The number of aryl methyl sites for hydroxylation is 3. The minimum Gasteiger partial charge on any atom is -0.264 e. The third-order valence-electron chi connectivity index (χ3n) is 5.04. The summed E-state index contributed by atoms with van der Waals surface area (Å²) in [5.41, 5.74) is 10.2.